The number of nitrogens with zero attached hydrogens (tertiary/aromatic N) is 1. The Hall–Kier alpha value is -1.10. The third kappa shape index (κ3) is 2.14. The molecule has 106 valence electrons. The molecule has 1 amide bonds. The van der Waals surface area contributed by atoms with Gasteiger partial charge >= 0.3 is 5.97 Å². The molecule has 1 saturated carbocycles. The van der Waals surface area contributed by atoms with Crippen molar-refractivity contribution in [3.8, 4) is 0 Å². The van der Waals surface area contributed by atoms with Gasteiger partial charge in [-0.1, -0.05) is 13.3 Å². The molecule has 2 heterocycles. The first-order chi connectivity index (χ1) is 9.08. The maximum atomic E-state index is 12.6. The molecule has 3 rings (SSSR count). The second-order valence-electron chi connectivity index (χ2n) is 6.41. The average molecular weight is 266 g/mol. The van der Waals surface area contributed by atoms with Crippen LogP contribution in [0.25, 0.3) is 0 Å². The van der Waals surface area contributed by atoms with Gasteiger partial charge in [0.1, 0.15) is 0 Å². The van der Waals surface area contributed by atoms with Gasteiger partial charge in [-0.2, -0.15) is 0 Å². The number of hydrogen-bond donors (Lipinski definition) is 2. The molecule has 5 nitrogen and oxygen atoms in total. The van der Waals surface area contributed by atoms with Crippen molar-refractivity contribution >= 4 is 11.9 Å². The van der Waals surface area contributed by atoms with Gasteiger partial charge < -0.3 is 15.3 Å². The molecule has 2 aliphatic heterocycles. The molecule has 2 saturated heterocycles. The first kappa shape index (κ1) is 12.9. The van der Waals surface area contributed by atoms with Gasteiger partial charge in [-0.05, 0) is 37.1 Å². The summed E-state index contributed by atoms with van der Waals surface area (Å²) in [5, 5.41) is 12.5. The van der Waals surface area contributed by atoms with Gasteiger partial charge in [0.15, 0.2) is 0 Å². The van der Waals surface area contributed by atoms with E-state index in [-0.39, 0.29) is 17.9 Å². The number of aliphatic carboxylic acids is 1. The lowest BCUT2D eigenvalue weighted by Crippen LogP contribution is -2.45. The van der Waals surface area contributed by atoms with E-state index < -0.39 is 11.9 Å². The summed E-state index contributed by atoms with van der Waals surface area (Å²) in [7, 11) is 0. The largest absolute Gasteiger partial charge is 0.481 e. The van der Waals surface area contributed by atoms with Crippen LogP contribution in [0, 0.1) is 23.7 Å². The standard InChI is InChI=1S/C14H22N2O3/c1-8-6-16(7-11(8)14(18)19)13(17)12-10-4-2-3-9(10)5-15-12/h8-12,15H,2-7H2,1H3,(H,18,19). The number of nitrogens with one attached hydrogen (secondary N) is 1. The van der Waals surface area contributed by atoms with Crippen molar-refractivity contribution in [1.82, 2.24) is 10.2 Å². The summed E-state index contributed by atoms with van der Waals surface area (Å²) in [6, 6.07) is -0.0627. The van der Waals surface area contributed by atoms with Crippen LogP contribution in [-0.2, 0) is 9.59 Å². The van der Waals surface area contributed by atoms with Gasteiger partial charge in [-0.3, -0.25) is 9.59 Å². The summed E-state index contributed by atoms with van der Waals surface area (Å²) in [4.78, 5) is 25.5. The van der Waals surface area contributed by atoms with Crippen molar-refractivity contribution in [3.05, 3.63) is 0 Å². The van der Waals surface area contributed by atoms with Crippen molar-refractivity contribution < 1.29 is 14.7 Å². The highest BCUT2D eigenvalue weighted by Gasteiger charge is 2.46. The van der Waals surface area contributed by atoms with E-state index in [1.807, 2.05) is 6.92 Å². The Balaban J connectivity index is 1.67. The van der Waals surface area contributed by atoms with Crippen molar-refractivity contribution in [3.63, 3.8) is 0 Å². The minimum atomic E-state index is -0.777. The molecule has 0 aromatic heterocycles. The van der Waals surface area contributed by atoms with Crippen molar-refractivity contribution in [2.45, 2.75) is 32.2 Å². The number of carboxylic acid groups (broad SMARTS) is 1. The van der Waals surface area contributed by atoms with Crippen LogP contribution in [0.5, 0.6) is 0 Å². The SMILES string of the molecule is CC1CN(C(=O)C2NCC3CCCC32)CC1C(=O)O. The topological polar surface area (TPSA) is 69.6 Å². The van der Waals surface area contributed by atoms with Crippen LogP contribution in [0.3, 0.4) is 0 Å². The molecule has 5 unspecified atom stereocenters. The molecule has 1 aliphatic carbocycles. The van der Waals surface area contributed by atoms with E-state index in [2.05, 4.69) is 5.32 Å². The highest BCUT2D eigenvalue weighted by Crippen LogP contribution is 2.38. The molecule has 5 atom stereocenters. The fraction of sp³-hybridized carbons (Fsp3) is 0.857. The number of hydrogen-bond acceptors (Lipinski definition) is 3. The number of carbonyl (C=O) groups excluding carboxylic acids is 1. The van der Waals surface area contributed by atoms with Gasteiger partial charge in [-0.15, -0.1) is 0 Å². The molecule has 3 fully saturated rings. The van der Waals surface area contributed by atoms with Gasteiger partial charge in [0.05, 0.1) is 12.0 Å². The zero-order chi connectivity index (χ0) is 13.6. The van der Waals surface area contributed by atoms with Crippen LogP contribution in [0.1, 0.15) is 26.2 Å². The number of fused-ring (bicyclic) bond motifs is 1. The van der Waals surface area contributed by atoms with Crippen molar-refractivity contribution in [2.75, 3.05) is 19.6 Å². The van der Waals surface area contributed by atoms with Crippen LogP contribution in [0.4, 0.5) is 0 Å². The molecule has 5 heteroatoms. The Kier molecular flexibility index (Phi) is 3.25. The summed E-state index contributed by atoms with van der Waals surface area (Å²) >= 11 is 0. The summed E-state index contributed by atoms with van der Waals surface area (Å²) in [5.74, 6) is 0.147. The third-order valence-corrected chi connectivity index (χ3v) is 5.25. The van der Waals surface area contributed by atoms with Crippen LogP contribution >= 0.6 is 0 Å². The lowest BCUT2D eigenvalue weighted by Gasteiger charge is -2.24. The number of carbonyl (C=O) groups is 2. The number of amides is 1. The molecular formula is C14H22N2O3. The monoisotopic (exact) mass is 266 g/mol. The first-order valence-corrected chi connectivity index (χ1v) is 7.33. The number of rotatable bonds is 2. The molecular weight excluding hydrogens is 244 g/mol. The van der Waals surface area contributed by atoms with Gasteiger partial charge in [0, 0.05) is 13.1 Å². The fourth-order valence-electron chi connectivity index (χ4n) is 4.12. The fourth-order valence-corrected chi connectivity index (χ4v) is 4.12. The predicted molar refractivity (Wildman–Crippen MR) is 69.5 cm³/mol. The van der Waals surface area contributed by atoms with Crippen LogP contribution < -0.4 is 5.32 Å². The van der Waals surface area contributed by atoms with Crippen LogP contribution in [0.2, 0.25) is 0 Å². The van der Waals surface area contributed by atoms with E-state index in [1.54, 1.807) is 4.90 Å². The number of carboxylic acids is 1. The normalized spacial score (nSPS) is 41.5. The first-order valence-electron chi connectivity index (χ1n) is 7.33. The minimum Gasteiger partial charge on any atom is -0.481 e. The average Bonchev–Trinajstić information content (AvgIpc) is 3.00. The summed E-state index contributed by atoms with van der Waals surface area (Å²) in [6.07, 6.45) is 3.60. The summed E-state index contributed by atoms with van der Waals surface area (Å²) in [5.41, 5.74) is 0. The van der Waals surface area contributed by atoms with E-state index in [0.717, 1.165) is 13.0 Å². The maximum absolute atomic E-state index is 12.6. The van der Waals surface area contributed by atoms with Gasteiger partial charge in [0.25, 0.3) is 0 Å². The molecule has 3 aliphatic rings. The number of likely N-dealkylation sites (tertiary alicyclic amines) is 1. The van der Waals surface area contributed by atoms with Crippen molar-refractivity contribution in [2.24, 2.45) is 23.7 Å². The van der Waals surface area contributed by atoms with E-state index in [1.165, 1.54) is 12.8 Å². The van der Waals surface area contributed by atoms with Crippen LogP contribution in [-0.4, -0.2) is 47.6 Å². The highest BCUT2D eigenvalue weighted by atomic mass is 16.4. The third-order valence-electron chi connectivity index (χ3n) is 5.25. The molecule has 0 radical (unpaired) electrons. The zero-order valence-corrected chi connectivity index (χ0v) is 11.3. The Bertz CT molecular complexity index is 398. The molecule has 0 aromatic carbocycles. The van der Waals surface area contributed by atoms with E-state index in [0.29, 0.717) is 24.9 Å². The smallest absolute Gasteiger partial charge is 0.308 e. The minimum absolute atomic E-state index is 0.0576. The Labute approximate surface area is 113 Å². The molecule has 2 N–H and O–H groups in total. The lowest BCUT2D eigenvalue weighted by molar-refractivity contribution is -0.142. The molecule has 0 bridgehead atoms. The Morgan fingerprint density at radius 1 is 1.26 bits per heavy atom. The van der Waals surface area contributed by atoms with Gasteiger partial charge in [0.2, 0.25) is 5.91 Å². The molecule has 19 heavy (non-hydrogen) atoms. The van der Waals surface area contributed by atoms with Crippen molar-refractivity contribution in [1.29, 1.82) is 0 Å². The molecule has 0 aromatic rings. The Morgan fingerprint density at radius 2 is 2.05 bits per heavy atom. The lowest BCUT2D eigenvalue weighted by atomic mass is 9.93. The second kappa shape index (κ2) is 4.78. The van der Waals surface area contributed by atoms with E-state index in [4.69, 9.17) is 5.11 Å². The quantitative estimate of drug-likeness (QED) is 0.766. The molecule has 0 spiro atoms. The summed E-state index contributed by atoms with van der Waals surface area (Å²) in [6.45, 7) is 3.84. The maximum Gasteiger partial charge on any atom is 0.308 e. The Morgan fingerprint density at radius 3 is 2.74 bits per heavy atom. The highest BCUT2D eigenvalue weighted by molar-refractivity contribution is 5.84. The summed E-state index contributed by atoms with van der Waals surface area (Å²) < 4.78 is 0. The zero-order valence-electron chi connectivity index (χ0n) is 11.3. The predicted octanol–water partition coefficient (Wildman–Crippen LogP) is 0.554. The van der Waals surface area contributed by atoms with E-state index in [9.17, 15) is 9.59 Å². The second-order valence-corrected chi connectivity index (χ2v) is 6.41. The van der Waals surface area contributed by atoms with Crippen LogP contribution in [0.15, 0.2) is 0 Å². The van der Waals surface area contributed by atoms with E-state index >= 15 is 0 Å². The van der Waals surface area contributed by atoms with Gasteiger partial charge in [-0.25, -0.2) is 0 Å².